The maximum absolute atomic E-state index is 12.3. The summed E-state index contributed by atoms with van der Waals surface area (Å²) in [6.07, 6.45) is 0. The Bertz CT molecular complexity index is 926. The van der Waals surface area contributed by atoms with E-state index < -0.39 is 4.92 Å². The molecule has 0 saturated carbocycles. The van der Waals surface area contributed by atoms with E-state index in [4.69, 9.17) is 4.74 Å². The lowest BCUT2D eigenvalue weighted by molar-refractivity contribution is -0.384. The van der Waals surface area contributed by atoms with Crippen LogP contribution < -0.4 is 10.1 Å². The van der Waals surface area contributed by atoms with Crippen LogP contribution in [0.5, 0.6) is 5.75 Å². The van der Waals surface area contributed by atoms with Crippen LogP contribution in [0.4, 0.5) is 5.69 Å². The molecular weight excluding hydrogens is 366 g/mol. The number of carbonyl (C=O) groups is 1. The van der Waals surface area contributed by atoms with Crippen molar-refractivity contribution in [2.45, 2.75) is 19.6 Å². The van der Waals surface area contributed by atoms with E-state index in [-0.39, 0.29) is 24.2 Å². The third kappa shape index (κ3) is 4.89. The van der Waals surface area contributed by atoms with E-state index in [1.165, 1.54) is 35.6 Å². The molecule has 3 rings (SSSR count). The van der Waals surface area contributed by atoms with Crippen molar-refractivity contribution in [2.75, 3.05) is 0 Å². The minimum atomic E-state index is -0.466. The molecule has 0 radical (unpaired) electrons. The van der Waals surface area contributed by atoms with E-state index in [0.717, 1.165) is 5.56 Å². The highest BCUT2D eigenvalue weighted by Crippen LogP contribution is 2.20. The number of hydrogen-bond donors (Lipinski definition) is 1. The van der Waals surface area contributed by atoms with Crippen LogP contribution in [0.25, 0.3) is 0 Å². The van der Waals surface area contributed by atoms with E-state index >= 15 is 0 Å². The van der Waals surface area contributed by atoms with Gasteiger partial charge in [-0.3, -0.25) is 14.9 Å². The molecule has 1 N–H and O–H groups in total. The van der Waals surface area contributed by atoms with Crippen molar-refractivity contribution in [3.05, 3.63) is 86.4 Å². The molecule has 2 aromatic carbocycles. The van der Waals surface area contributed by atoms with E-state index in [1.807, 2.05) is 37.3 Å². The quantitative estimate of drug-likeness (QED) is 0.489. The summed E-state index contributed by atoms with van der Waals surface area (Å²) in [5, 5.41) is 15.9. The monoisotopic (exact) mass is 383 g/mol. The highest BCUT2D eigenvalue weighted by atomic mass is 32.1. The SMILES string of the molecule is CC(NC(=O)c1csc(COc2ccc([N+](=O)[O-])cc2)n1)c1ccccc1. The first-order valence-corrected chi connectivity index (χ1v) is 9.08. The summed E-state index contributed by atoms with van der Waals surface area (Å²) in [5.74, 6) is 0.253. The standard InChI is InChI=1S/C19H17N3O4S/c1-13(14-5-3-2-4-6-14)20-19(23)17-12-27-18(21-17)11-26-16-9-7-15(8-10-16)22(24)25/h2-10,12-13H,11H2,1H3,(H,20,23). The fraction of sp³-hybridized carbons (Fsp3) is 0.158. The molecule has 0 spiro atoms. The molecule has 7 nitrogen and oxygen atoms in total. The third-order valence-electron chi connectivity index (χ3n) is 3.84. The Balaban J connectivity index is 1.56. The van der Waals surface area contributed by atoms with E-state index in [9.17, 15) is 14.9 Å². The van der Waals surface area contributed by atoms with Crippen LogP contribution in [0, 0.1) is 10.1 Å². The van der Waals surface area contributed by atoms with Crippen molar-refractivity contribution in [3.63, 3.8) is 0 Å². The molecule has 0 aliphatic heterocycles. The van der Waals surface area contributed by atoms with Gasteiger partial charge in [0.25, 0.3) is 11.6 Å². The largest absolute Gasteiger partial charge is 0.486 e. The summed E-state index contributed by atoms with van der Waals surface area (Å²) < 4.78 is 5.56. The van der Waals surface area contributed by atoms with Gasteiger partial charge in [0.15, 0.2) is 0 Å². The van der Waals surface area contributed by atoms with Gasteiger partial charge < -0.3 is 10.1 Å². The van der Waals surface area contributed by atoms with Crippen molar-refractivity contribution in [1.29, 1.82) is 0 Å². The number of amides is 1. The predicted octanol–water partition coefficient (Wildman–Crippen LogP) is 4.12. The molecule has 1 heterocycles. The lowest BCUT2D eigenvalue weighted by Gasteiger charge is -2.13. The highest BCUT2D eigenvalue weighted by Gasteiger charge is 2.15. The molecule has 1 amide bonds. The number of aromatic nitrogens is 1. The smallest absolute Gasteiger partial charge is 0.271 e. The summed E-state index contributed by atoms with van der Waals surface area (Å²) in [5.41, 5.74) is 1.36. The molecular formula is C19H17N3O4S. The van der Waals surface area contributed by atoms with Gasteiger partial charge in [-0.15, -0.1) is 11.3 Å². The first-order chi connectivity index (χ1) is 13.0. The zero-order valence-electron chi connectivity index (χ0n) is 14.5. The van der Waals surface area contributed by atoms with E-state index in [2.05, 4.69) is 10.3 Å². The van der Waals surface area contributed by atoms with Crippen LogP contribution in [0.2, 0.25) is 0 Å². The minimum Gasteiger partial charge on any atom is -0.486 e. The molecule has 0 aliphatic rings. The number of benzene rings is 2. The average Bonchev–Trinajstić information content (AvgIpc) is 3.16. The van der Waals surface area contributed by atoms with Crippen LogP contribution in [-0.4, -0.2) is 15.8 Å². The van der Waals surface area contributed by atoms with Crippen molar-refractivity contribution < 1.29 is 14.5 Å². The topological polar surface area (TPSA) is 94.4 Å². The number of rotatable bonds is 7. The van der Waals surface area contributed by atoms with E-state index in [1.54, 1.807) is 5.38 Å². The second kappa shape index (κ2) is 8.41. The molecule has 1 unspecified atom stereocenters. The van der Waals surface area contributed by atoms with Gasteiger partial charge in [0, 0.05) is 17.5 Å². The first-order valence-electron chi connectivity index (χ1n) is 8.20. The summed E-state index contributed by atoms with van der Waals surface area (Å²) in [6.45, 7) is 2.10. The molecule has 138 valence electrons. The lowest BCUT2D eigenvalue weighted by Crippen LogP contribution is -2.26. The normalized spacial score (nSPS) is 11.6. The number of nitrogens with one attached hydrogen (secondary N) is 1. The number of nitro groups is 1. The molecule has 8 heteroatoms. The lowest BCUT2D eigenvalue weighted by atomic mass is 10.1. The zero-order valence-corrected chi connectivity index (χ0v) is 15.3. The first kappa shape index (κ1) is 18.5. The Kier molecular flexibility index (Phi) is 5.77. The van der Waals surface area contributed by atoms with Crippen molar-refractivity contribution in [3.8, 4) is 5.75 Å². The zero-order chi connectivity index (χ0) is 19.2. The second-order valence-electron chi connectivity index (χ2n) is 5.77. The summed E-state index contributed by atoms with van der Waals surface area (Å²) in [6, 6.07) is 15.4. The van der Waals surface area contributed by atoms with Gasteiger partial charge in [0.1, 0.15) is 23.1 Å². The van der Waals surface area contributed by atoms with Crippen LogP contribution in [-0.2, 0) is 6.61 Å². The summed E-state index contributed by atoms with van der Waals surface area (Å²) in [4.78, 5) is 26.8. The van der Waals surface area contributed by atoms with Crippen LogP contribution in [0.3, 0.4) is 0 Å². The fourth-order valence-corrected chi connectivity index (χ4v) is 3.07. The van der Waals surface area contributed by atoms with Crippen molar-refractivity contribution in [1.82, 2.24) is 10.3 Å². The maximum atomic E-state index is 12.3. The number of nitro benzene ring substituents is 1. The molecule has 3 aromatic rings. The number of carbonyl (C=O) groups excluding carboxylic acids is 1. The Labute approximate surface area is 159 Å². The number of ether oxygens (including phenoxy) is 1. The molecule has 1 aromatic heterocycles. The molecule has 0 aliphatic carbocycles. The van der Waals surface area contributed by atoms with Gasteiger partial charge in [-0.25, -0.2) is 4.98 Å². The molecule has 0 bridgehead atoms. The number of thiazole rings is 1. The van der Waals surface area contributed by atoms with Gasteiger partial charge >= 0.3 is 0 Å². The Morgan fingerprint density at radius 2 is 1.93 bits per heavy atom. The Morgan fingerprint density at radius 1 is 1.22 bits per heavy atom. The molecule has 0 fully saturated rings. The predicted molar refractivity (Wildman–Crippen MR) is 102 cm³/mol. The maximum Gasteiger partial charge on any atom is 0.271 e. The van der Waals surface area contributed by atoms with Crippen molar-refractivity contribution in [2.24, 2.45) is 0 Å². The van der Waals surface area contributed by atoms with Crippen molar-refractivity contribution >= 4 is 22.9 Å². The summed E-state index contributed by atoms with van der Waals surface area (Å²) in [7, 11) is 0. The van der Waals surface area contributed by atoms with Gasteiger partial charge in [-0.1, -0.05) is 30.3 Å². The molecule has 0 saturated heterocycles. The third-order valence-corrected chi connectivity index (χ3v) is 4.66. The van der Waals surface area contributed by atoms with E-state index in [0.29, 0.717) is 16.5 Å². The van der Waals surface area contributed by atoms with Gasteiger partial charge in [-0.2, -0.15) is 0 Å². The highest BCUT2D eigenvalue weighted by molar-refractivity contribution is 7.09. The number of nitrogens with zero attached hydrogens (tertiary/aromatic N) is 2. The van der Waals surface area contributed by atoms with Crippen LogP contribution in [0.15, 0.2) is 60.0 Å². The molecule has 1 atom stereocenters. The summed E-state index contributed by atoms with van der Waals surface area (Å²) >= 11 is 1.32. The average molecular weight is 383 g/mol. The van der Waals surface area contributed by atoms with Gasteiger partial charge in [0.2, 0.25) is 0 Å². The fourth-order valence-electron chi connectivity index (χ4n) is 2.39. The Hall–Kier alpha value is -3.26. The number of hydrogen-bond acceptors (Lipinski definition) is 6. The van der Waals surface area contributed by atoms with Gasteiger partial charge in [0.05, 0.1) is 11.0 Å². The second-order valence-corrected chi connectivity index (χ2v) is 6.71. The number of non-ortho nitro benzene ring substituents is 1. The minimum absolute atomic E-state index is 0.00286. The Morgan fingerprint density at radius 3 is 2.59 bits per heavy atom. The van der Waals surface area contributed by atoms with Crippen LogP contribution >= 0.6 is 11.3 Å². The van der Waals surface area contributed by atoms with Crippen LogP contribution in [0.1, 0.15) is 34.0 Å². The van der Waals surface area contributed by atoms with Gasteiger partial charge in [-0.05, 0) is 24.6 Å². The molecule has 27 heavy (non-hydrogen) atoms.